The zero-order chi connectivity index (χ0) is 12.4. The summed E-state index contributed by atoms with van der Waals surface area (Å²) in [5.41, 5.74) is 9.86. The second-order valence-corrected chi connectivity index (χ2v) is 4.32. The third-order valence-corrected chi connectivity index (χ3v) is 3.00. The Labute approximate surface area is 106 Å². The van der Waals surface area contributed by atoms with Gasteiger partial charge in [-0.2, -0.15) is 0 Å². The highest BCUT2D eigenvalue weighted by atomic mass is 16.7. The summed E-state index contributed by atoms with van der Waals surface area (Å²) in [5.74, 6) is 0. The van der Waals surface area contributed by atoms with Crippen LogP contribution in [0.5, 0.6) is 0 Å². The molecule has 0 amide bonds. The highest BCUT2D eigenvalue weighted by Gasteiger charge is 2.18. The van der Waals surface area contributed by atoms with Gasteiger partial charge in [0.15, 0.2) is 6.29 Å². The van der Waals surface area contributed by atoms with E-state index in [1.54, 1.807) is 0 Å². The number of anilines is 1. The van der Waals surface area contributed by atoms with Crippen LogP contribution in [0.25, 0.3) is 11.1 Å². The average molecular weight is 241 g/mol. The fourth-order valence-corrected chi connectivity index (χ4v) is 2.13. The minimum Gasteiger partial charge on any atom is -0.399 e. The summed E-state index contributed by atoms with van der Waals surface area (Å²) in [6.45, 7) is 1.32. The lowest BCUT2D eigenvalue weighted by Gasteiger charge is -2.11. The van der Waals surface area contributed by atoms with Gasteiger partial charge in [0.05, 0.1) is 13.2 Å². The molecule has 2 N–H and O–H groups in total. The van der Waals surface area contributed by atoms with Gasteiger partial charge >= 0.3 is 0 Å². The van der Waals surface area contributed by atoms with Crippen molar-refractivity contribution in [2.45, 2.75) is 6.29 Å². The molecule has 1 heterocycles. The molecule has 2 aromatic carbocycles. The predicted octanol–water partition coefficient (Wildman–Crippen LogP) is 2.98. The molecule has 0 bridgehead atoms. The van der Waals surface area contributed by atoms with E-state index in [0.29, 0.717) is 13.2 Å². The molecule has 0 atom stereocenters. The van der Waals surface area contributed by atoms with E-state index in [2.05, 4.69) is 12.1 Å². The van der Waals surface area contributed by atoms with Crippen molar-refractivity contribution < 1.29 is 9.47 Å². The van der Waals surface area contributed by atoms with Crippen LogP contribution in [0.2, 0.25) is 0 Å². The molecule has 18 heavy (non-hydrogen) atoms. The maximum atomic E-state index is 5.81. The van der Waals surface area contributed by atoms with Gasteiger partial charge in [-0.25, -0.2) is 0 Å². The standard InChI is InChI=1S/C15H15NO2/c16-14-6-2-4-12(10-14)11-3-1-5-13(9-11)15-17-7-8-18-15/h1-6,9-10,15H,7-8,16H2. The molecule has 1 saturated heterocycles. The second kappa shape index (κ2) is 4.80. The zero-order valence-electron chi connectivity index (χ0n) is 10.0. The largest absolute Gasteiger partial charge is 0.399 e. The number of nitrogens with two attached hydrogens (primary N) is 1. The maximum absolute atomic E-state index is 5.81. The first-order valence-corrected chi connectivity index (χ1v) is 6.02. The Bertz CT molecular complexity index is 548. The number of hydrogen-bond donors (Lipinski definition) is 1. The molecule has 0 aromatic heterocycles. The van der Waals surface area contributed by atoms with Gasteiger partial charge in [0.25, 0.3) is 0 Å². The summed E-state index contributed by atoms with van der Waals surface area (Å²) in [7, 11) is 0. The van der Waals surface area contributed by atoms with Crippen molar-refractivity contribution in [3.63, 3.8) is 0 Å². The second-order valence-electron chi connectivity index (χ2n) is 4.32. The van der Waals surface area contributed by atoms with Crippen LogP contribution in [0.4, 0.5) is 5.69 Å². The van der Waals surface area contributed by atoms with Crippen LogP contribution in [0, 0.1) is 0 Å². The topological polar surface area (TPSA) is 44.5 Å². The Morgan fingerprint density at radius 2 is 1.56 bits per heavy atom. The van der Waals surface area contributed by atoms with Crippen LogP contribution < -0.4 is 5.73 Å². The van der Waals surface area contributed by atoms with E-state index >= 15 is 0 Å². The molecule has 0 unspecified atom stereocenters. The van der Waals surface area contributed by atoms with Crippen molar-refractivity contribution in [1.82, 2.24) is 0 Å². The van der Waals surface area contributed by atoms with Gasteiger partial charge in [0.2, 0.25) is 0 Å². The van der Waals surface area contributed by atoms with Gasteiger partial charge in [-0.1, -0.05) is 30.3 Å². The summed E-state index contributed by atoms with van der Waals surface area (Å²) >= 11 is 0. The fraction of sp³-hybridized carbons (Fsp3) is 0.200. The average Bonchev–Trinajstić information content (AvgIpc) is 2.93. The highest BCUT2D eigenvalue weighted by molar-refractivity contribution is 5.67. The Morgan fingerprint density at radius 1 is 0.889 bits per heavy atom. The van der Waals surface area contributed by atoms with Crippen LogP contribution >= 0.6 is 0 Å². The molecule has 1 aliphatic rings. The molecule has 3 heteroatoms. The van der Waals surface area contributed by atoms with Crippen molar-refractivity contribution in [2.75, 3.05) is 18.9 Å². The number of hydrogen-bond acceptors (Lipinski definition) is 3. The molecule has 0 radical (unpaired) electrons. The molecule has 0 saturated carbocycles. The van der Waals surface area contributed by atoms with Crippen LogP contribution in [0.15, 0.2) is 48.5 Å². The van der Waals surface area contributed by atoms with Gasteiger partial charge in [0, 0.05) is 11.3 Å². The predicted molar refractivity (Wildman–Crippen MR) is 70.9 cm³/mol. The van der Waals surface area contributed by atoms with E-state index in [1.165, 1.54) is 0 Å². The van der Waals surface area contributed by atoms with Crippen molar-refractivity contribution in [2.24, 2.45) is 0 Å². The van der Waals surface area contributed by atoms with Gasteiger partial charge in [0.1, 0.15) is 0 Å². The van der Waals surface area contributed by atoms with Crippen molar-refractivity contribution in [3.05, 3.63) is 54.1 Å². The fourth-order valence-electron chi connectivity index (χ4n) is 2.13. The summed E-state index contributed by atoms with van der Waals surface area (Å²) in [6.07, 6.45) is -0.231. The zero-order valence-corrected chi connectivity index (χ0v) is 10.0. The van der Waals surface area contributed by atoms with Gasteiger partial charge in [-0.15, -0.1) is 0 Å². The number of ether oxygens (including phenoxy) is 2. The first-order valence-electron chi connectivity index (χ1n) is 6.02. The monoisotopic (exact) mass is 241 g/mol. The lowest BCUT2D eigenvalue weighted by Crippen LogP contribution is -1.97. The SMILES string of the molecule is Nc1cccc(-c2cccc(C3OCCO3)c2)c1. The lowest BCUT2D eigenvalue weighted by molar-refractivity contribution is -0.0440. The van der Waals surface area contributed by atoms with Gasteiger partial charge in [-0.05, 0) is 29.3 Å². The van der Waals surface area contributed by atoms with Crippen molar-refractivity contribution >= 4 is 5.69 Å². The first kappa shape index (κ1) is 11.3. The van der Waals surface area contributed by atoms with Crippen molar-refractivity contribution in [1.29, 1.82) is 0 Å². The van der Waals surface area contributed by atoms with Crippen LogP contribution in [-0.2, 0) is 9.47 Å². The third-order valence-electron chi connectivity index (χ3n) is 3.00. The number of benzene rings is 2. The molecule has 3 rings (SSSR count). The van der Waals surface area contributed by atoms with E-state index < -0.39 is 0 Å². The Kier molecular flexibility index (Phi) is 3.00. The normalized spacial score (nSPS) is 16.0. The molecular formula is C15H15NO2. The van der Waals surface area contributed by atoms with E-state index in [0.717, 1.165) is 22.4 Å². The molecule has 0 aliphatic carbocycles. The minimum absolute atomic E-state index is 0.231. The summed E-state index contributed by atoms with van der Waals surface area (Å²) in [4.78, 5) is 0. The molecule has 3 nitrogen and oxygen atoms in total. The van der Waals surface area contributed by atoms with Gasteiger partial charge < -0.3 is 15.2 Å². The number of rotatable bonds is 2. The minimum atomic E-state index is -0.231. The molecule has 0 spiro atoms. The quantitative estimate of drug-likeness (QED) is 0.822. The van der Waals surface area contributed by atoms with Crippen molar-refractivity contribution in [3.8, 4) is 11.1 Å². The van der Waals surface area contributed by atoms with Gasteiger partial charge in [-0.3, -0.25) is 0 Å². The van der Waals surface area contributed by atoms with E-state index in [-0.39, 0.29) is 6.29 Å². The third kappa shape index (κ3) is 2.23. The van der Waals surface area contributed by atoms with Crippen LogP contribution in [0.1, 0.15) is 11.9 Å². The van der Waals surface area contributed by atoms with E-state index in [9.17, 15) is 0 Å². The van der Waals surface area contributed by atoms with Crippen LogP contribution in [-0.4, -0.2) is 13.2 Å². The molecule has 2 aromatic rings. The van der Waals surface area contributed by atoms with E-state index in [1.807, 2.05) is 36.4 Å². The molecule has 1 fully saturated rings. The Hall–Kier alpha value is -1.84. The summed E-state index contributed by atoms with van der Waals surface area (Å²) in [6, 6.07) is 16.0. The van der Waals surface area contributed by atoms with Crippen LogP contribution in [0.3, 0.4) is 0 Å². The smallest absolute Gasteiger partial charge is 0.184 e. The summed E-state index contributed by atoms with van der Waals surface area (Å²) < 4.78 is 11.0. The number of nitrogen functional groups attached to an aromatic ring is 1. The molecular weight excluding hydrogens is 226 g/mol. The summed E-state index contributed by atoms with van der Waals surface area (Å²) in [5, 5.41) is 0. The first-order chi connectivity index (χ1) is 8.83. The molecule has 1 aliphatic heterocycles. The van der Waals surface area contributed by atoms with E-state index in [4.69, 9.17) is 15.2 Å². The highest BCUT2D eigenvalue weighted by Crippen LogP contribution is 2.28. The Morgan fingerprint density at radius 3 is 2.28 bits per heavy atom. The Balaban J connectivity index is 1.95. The maximum Gasteiger partial charge on any atom is 0.184 e. The molecule has 92 valence electrons. The lowest BCUT2D eigenvalue weighted by atomic mass is 10.0.